The number of hydrogen-bond donors (Lipinski definition) is 2. The number of aromatic nitrogens is 1. The molecule has 0 radical (unpaired) electrons. The molecule has 0 bridgehead atoms. The third kappa shape index (κ3) is 11.6. The molecule has 4 amide bonds. The smallest absolute Gasteiger partial charge is 0.245 e. The van der Waals surface area contributed by atoms with Gasteiger partial charge in [0, 0.05) is 45.8 Å². The Labute approximate surface area is 315 Å². The molecule has 1 fully saturated rings. The molecule has 290 valence electrons. The van der Waals surface area contributed by atoms with E-state index in [1.165, 1.54) is 11.3 Å². The maximum Gasteiger partial charge on any atom is 0.245 e. The maximum absolute atomic E-state index is 14.2. The van der Waals surface area contributed by atoms with Gasteiger partial charge in [-0.1, -0.05) is 85.2 Å². The van der Waals surface area contributed by atoms with Crippen molar-refractivity contribution in [2.45, 2.75) is 123 Å². The average Bonchev–Trinajstić information content (AvgIpc) is 3.83. The first-order chi connectivity index (χ1) is 24.7. The van der Waals surface area contributed by atoms with Crippen molar-refractivity contribution < 1.29 is 28.7 Å². The summed E-state index contributed by atoms with van der Waals surface area (Å²) in [6.07, 6.45) is 3.89. The molecule has 1 aromatic carbocycles. The molecule has 2 aromatic rings. The summed E-state index contributed by atoms with van der Waals surface area (Å²) in [7, 11) is 4.92. The highest BCUT2D eigenvalue weighted by atomic mass is 32.1. The lowest BCUT2D eigenvalue weighted by atomic mass is 9.89. The van der Waals surface area contributed by atoms with E-state index in [0.717, 1.165) is 23.4 Å². The number of carbonyl (C=O) groups excluding carboxylic acids is 4. The fraction of sp³-hybridized carbons (Fsp3) is 0.675. The van der Waals surface area contributed by atoms with Gasteiger partial charge >= 0.3 is 0 Å². The van der Waals surface area contributed by atoms with E-state index in [2.05, 4.69) is 29.5 Å². The summed E-state index contributed by atoms with van der Waals surface area (Å²) in [4.78, 5) is 62.8. The molecule has 8 atom stereocenters. The zero-order valence-corrected chi connectivity index (χ0v) is 33.8. The second-order valence-corrected chi connectivity index (χ2v) is 16.0. The minimum absolute atomic E-state index is 0.0114. The highest BCUT2D eigenvalue weighted by Gasteiger charge is 2.43. The second-order valence-electron chi connectivity index (χ2n) is 15.1. The van der Waals surface area contributed by atoms with Gasteiger partial charge in [0.1, 0.15) is 11.0 Å². The number of methoxy groups -OCH3 is 2. The quantitative estimate of drug-likeness (QED) is 0.180. The number of hydrogen-bond acceptors (Lipinski definition) is 8. The third-order valence-corrected chi connectivity index (χ3v) is 11.3. The van der Waals surface area contributed by atoms with Gasteiger partial charge < -0.3 is 29.9 Å². The monoisotopic (exact) mass is 741 g/mol. The van der Waals surface area contributed by atoms with Crippen molar-refractivity contribution >= 4 is 35.0 Å². The number of thiazole rings is 1. The molecule has 1 saturated heterocycles. The van der Waals surface area contributed by atoms with Gasteiger partial charge in [0.25, 0.3) is 0 Å². The van der Waals surface area contributed by atoms with Gasteiger partial charge in [-0.25, -0.2) is 4.98 Å². The molecular formula is C40H63N5O6S. The van der Waals surface area contributed by atoms with Crippen molar-refractivity contribution in [3.05, 3.63) is 52.5 Å². The fourth-order valence-corrected chi connectivity index (χ4v) is 8.09. The Morgan fingerprint density at radius 2 is 1.69 bits per heavy atom. The third-order valence-electron chi connectivity index (χ3n) is 10.5. The fourth-order valence-electron chi connectivity index (χ4n) is 7.40. The van der Waals surface area contributed by atoms with Crippen LogP contribution in [0.15, 0.2) is 41.9 Å². The van der Waals surface area contributed by atoms with Gasteiger partial charge in [0.2, 0.25) is 23.6 Å². The van der Waals surface area contributed by atoms with Gasteiger partial charge in [0.15, 0.2) is 0 Å². The summed E-state index contributed by atoms with van der Waals surface area (Å²) in [5.41, 5.74) is 1.10. The standard InChI is InChI=1S/C40H63N5O6S/c1-11-27(6)36(44(8)40(49)35(26(4)5)43-33(46)22-25(2)3)32(50-9)24-34(47)45-20-15-18-31(45)37(51-10)28(7)38(48)42-30(39-41-19-21-52-39)23-29-16-13-12-14-17-29/h12-14,16-17,19,21,25-28,30-32,35-37H,11,15,18,20,22-24H2,1-10H3,(H,42,48)(H,43,46). The molecule has 1 aliphatic rings. The number of carbonyl (C=O) groups is 4. The number of nitrogens with zero attached hydrogens (tertiary/aromatic N) is 3. The van der Waals surface area contributed by atoms with E-state index < -0.39 is 30.2 Å². The molecule has 0 saturated carbocycles. The van der Waals surface area contributed by atoms with Gasteiger partial charge in [-0.05, 0) is 42.6 Å². The minimum Gasteiger partial charge on any atom is -0.379 e. The number of rotatable bonds is 20. The number of amides is 4. The van der Waals surface area contributed by atoms with Gasteiger partial charge in [0.05, 0.1) is 42.7 Å². The molecule has 0 spiro atoms. The van der Waals surface area contributed by atoms with Crippen LogP contribution in [0.2, 0.25) is 0 Å². The van der Waals surface area contributed by atoms with Crippen molar-refractivity contribution in [2.75, 3.05) is 27.8 Å². The van der Waals surface area contributed by atoms with E-state index in [0.29, 0.717) is 25.8 Å². The second kappa shape index (κ2) is 20.8. The Bertz CT molecular complexity index is 1410. The van der Waals surface area contributed by atoms with Crippen molar-refractivity contribution in [1.82, 2.24) is 25.4 Å². The molecule has 2 N–H and O–H groups in total. The molecule has 2 heterocycles. The predicted octanol–water partition coefficient (Wildman–Crippen LogP) is 5.65. The SMILES string of the molecule is CCC(C)C(C(CC(=O)N1CCCC1C(OC)C(C)C(=O)NC(Cc1ccccc1)c1nccs1)OC)N(C)C(=O)C(NC(=O)CC(C)C)C(C)C. The van der Waals surface area contributed by atoms with Crippen molar-refractivity contribution in [2.24, 2.45) is 23.7 Å². The van der Waals surface area contributed by atoms with E-state index >= 15 is 0 Å². The zero-order valence-electron chi connectivity index (χ0n) is 33.0. The first-order valence-corrected chi connectivity index (χ1v) is 19.8. The van der Waals surface area contributed by atoms with Crippen LogP contribution in [0.25, 0.3) is 0 Å². The summed E-state index contributed by atoms with van der Waals surface area (Å²) < 4.78 is 12.0. The van der Waals surface area contributed by atoms with E-state index in [1.807, 2.05) is 75.2 Å². The highest BCUT2D eigenvalue weighted by molar-refractivity contribution is 7.09. The number of likely N-dealkylation sites (N-methyl/N-ethyl adjacent to an activating group) is 1. The van der Waals surface area contributed by atoms with Crippen LogP contribution in [0.1, 0.15) is 97.2 Å². The molecule has 52 heavy (non-hydrogen) atoms. The van der Waals surface area contributed by atoms with Gasteiger partial charge in [-0.3, -0.25) is 19.2 Å². The molecule has 8 unspecified atom stereocenters. The average molecular weight is 742 g/mol. The summed E-state index contributed by atoms with van der Waals surface area (Å²) in [6.45, 7) is 14.3. The van der Waals surface area contributed by atoms with Gasteiger partial charge in [-0.15, -0.1) is 11.3 Å². The molecule has 0 aliphatic carbocycles. The molecular weight excluding hydrogens is 679 g/mol. The lowest BCUT2D eigenvalue weighted by Crippen LogP contribution is -2.57. The Hall–Kier alpha value is -3.35. The van der Waals surface area contributed by atoms with Crippen molar-refractivity contribution in [3.8, 4) is 0 Å². The molecule has 3 rings (SSSR count). The number of ether oxygens (including phenoxy) is 2. The molecule has 12 heteroatoms. The van der Waals surface area contributed by atoms with Crippen LogP contribution in [-0.2, 0) is 35.1 Å². The Kier molecular flexibility index (Phi) is 17.2. The van der Waals surface area contributed by atoms with E-state index in [4.69, 9.17) is 9.47 Å². The van der Waals surface area contributed by atoms with Crippen molar-refractivity contribution in [3.63, 3.8) is 0 Å². The summed E-state index contributed by atoms with van der Waals surface area (Å²) >= 11 is 1.51. The van der Waals surface area contributed by atoms with E-state index in [9.17, 15) is 19.2 Å². The maximum atomic E-state index is 14.2. The Balaban J connectivity index is 1.77. The van der Waals surface area contributed by atoms with Crippen LogP contribution < -0.4 is 10.6 Å². The van der Waals surface area contributed by atoms with Crippen LogP contribution >= 0.6 is 11.3 Å². The minimum atomic E-state index is -0.697. The van der Waals surface area contributed by atoms with E-state index in [1.54, 1.807) is 32.4 Å². The summed E-state index contributed by atoms with van der Waals surface area (Å²) in [5, 5.41) is 8.93. The summed E-state index contributed by atoms with van der Waals surface area (Å²) in [5.74, 6) is -1.11. The van der Waals surface area contributed by atoms with Crippen LogP contribution in [0.3, 0.4) is 0 Å². The van der Waals surface area contributed by atoms with Crippen LogP contribution in [0.5, 0.6) is 0 Å². The number of benzene rings is 1. The first kappa shape index (κ1) is 43.1. The molecule has 1 aromatic heterocycles. The van der Waals surface area contributed by atoms with Crippen LogP contribution in [0, 0.1) is 23.7 Å². The van der Waals surface area contributed by atoms with Crippen molar-refractivity contribution in [1.29, 1.82) is 0 Å². The zero-order chi connectivity index (χ0) is 38.5. The summed E-state index contributed by atoms with van der Waals surface area (Å²) in [6, 6.07) is 8.31. The van der Waals surface area contributed by atoms with E-state index in [-0.39, 0.29) is 59.9 Å². The molecule has 11 nitrogen and oxygen atoms in total. The Morgan fingerprint density at radius 3 is 2.25 bits per heavy atom. The topological polar surface area (TPSA) is 130 Å². The van der Waals surface area contributed by atoms with Crippen LogP contribution in [0.4, 0.5) is 0 Å². The largest absolute Gasteiger partial charge is 0.379 e. The first-order valence-electron chi connectivity index (χ1n) is 18.9. The molecule has 1 aliphatic heterocycles. The lowest BCUT2D eigenvalue weighted by Gasteiger charge is -2.41. The van der Waals surface area contributed by atoms with Gasteiger partial charge in [-0.2, -0.15) is 0 Å². The number of nitrogens with one attached hydrogen (secondary N) is 2. The highest BCUT2D eigenvalue weighted by Crippen LogP contribution is 2.30. The Morgan fingerprint density at radius 1 is 1.00 bits per heavy atom. The predicted molar refractivity (Wildman–Crippen MR) is 205 cm³/mol. The van der Waals surface area contributed by atoms with Crippen LogP contribution in [-0.4, -0.2) is 96.6 Å². The normalized spacial score (nSPS) is 18.7. The number of likely N-dealkylation sites (tertiary alicyclic amines) is 1. The lowest BCUT2D eigenvalue weighted by molar-refractivity contribution is -0.147.